The first-order valence-corrected chi connectivity index (χ1v) is 4.18. The zero-order chi connectivity index (χ0) is 8.67. The standard InChI is InChI=1S/C10H8N2O/c1-2-4-9-8(3-1)10-11-5-6-12(10)7-13-9/h1-6H,7H2. The van der Waals surface area contributed by atoms with Gasteiger partial charge < -0.3 is 4.74 Å². The lowest BCUT2D eigenvalue weighted by atomic mass is 10.2. The fraction of sp³-hybridized carbons (Fsp3) is 0.100. The number of para-hydroxylation sites is 1. The highest BCUT2D eigenvalue weighted by molar-refractivity contribution is 5.65. The summed E-state index contributed by atoms with van der Waals surface area (Å²) in [5, 5.41) is 0. The van der Waals surface area contributed by atoms with Gasteiger partial charge in [0.15, 0.2) is 6.73 Å². The van der Waals surface area contributed by atoms with E-state index in [0.717, 1.165) is 17.1 Å². The van der Waals surface area contributed by atoms with Crippen molar-refractivity contribution >= 4 is 0 Å². The Bertz CT molecular complexity index is 448. The third-order valence-corrected chi connectivity index (χ3v) is 2.20. The molecule has 0 spiro atoms. The van der Waals surface area contributed by atoms with Crippen molar-refractivity contribution in [2.24, 2.45) is 0 Å². The Labute approximate surface area is 75.6 Å². The van der Waals surface area contributed by atoms with Crippen molar-refractivity contribution in [3.8, 4) is 17.1 Å². The molecule has 0 aliphatic carbocycles. The highest BCUT2D eigenvalue weighted by Gasteiger charge is 2.15. The van der Waals surface area contributed by atoms with Gasteiger partial charge in [0, 0.05) is 12.4 Å². The molecule has 0 atom stereocenters. The SMILES string of the molecule is c1ccc2c(c1)OCn1ccnc1-2. The Morgan fingerprint density at radius 2 is 2.23 bits per heavy atom. The van der Waals surface area contributed by atoms with E-state index in [-0.39, 0.29) is 0 Å². The highest BCUT2D eigenvalue weighted by atomic mass is 16.5. The summed E-state index contributed by atoms with van der Waals surface area (Å²) in [6.07, 6.45) is 3.71. The smallest absolute Gasteiger partial charge is 0.166 e. The van der Waals surface area contributed by atoms with Gasteiger partial charge in [-0.15, -0.1) is 0 Å². The Balaban J connectivity index is 2.30. The summed E-state index contributed by atoms with van der Waals surface area (Å²) in [5.41, 5.74) is 1.07. The lowest BCUT2D eigenvalue weighted by Crippen LogP contribution is -2.11. The van der Waals surface area contributed by atoms with Crippen molar-refractivity contribution in [3.05, 3.63) is 36.7 Å². The summed E-state index contributed by atoms with van der Waals surface area (Å²) in [5.74, 6) is 1.91. The monoisotopic (exact) mass is 172 g/mol. The van der Waals surface area contributed by atoms with Crippen LogP contribution in [0.4, 0.5) is 0 Å². The summed E-state index contributed by atoms with van der Waals surface area (Å²) in [6.45, 7) is 0.562. The van der Waals surface area contributed by atoms with Gasteiger partial charge in [-0.05, 0) is 12.1 Å². The zero-order valence-electron chi connectivity index (χ0n) is 6.97. The molecule has 2 heterocycles. The molecule has 13 heavy (non-hydrogen) atoms. The number of rotatable bonds is 0. The van der Waals surface area contributed by atoms with Crippen LogP contribution >= 0.6 is 0 Å². The minimum absolute atomic E-state index is 0.562. The van der Waals surface area contributed by atoms with Crippen molar-refractivity contribution < 1.29 is 4.74 Å². The average Bonchev–Trinajstić information content (AvgIpc) is 2.65. The molecular formula is C10H8N2O. The fourth-order valence-corrected chi connectivity index (χ4v) is 1.57. The van der Waals surface area contributed by atoms with E-state index < -0.39 is 0 Å². The van der Waals surface area contributed by atoms with E-state index in [9.17, 15) is 0 Å². The van der Waals surface area contributed by atoms with Gasteiger partial charge in [-0.25, -0.2) is 4.98 Å². The summed E-state index contributed by atoms with van der Waals surface area (Å²) in [4.78, 5) is 4.28. The summed E-state index contributed by atoms with van der Waals surface area (Å²) < 4.78 is 7.52. The van der Waals surface area contributed by atoms with Gasteiger partial charge in [-0.2, -0.15) is 0 Å². The normalized spacial score (nSPS) is 12.9. The van der Waals surface area contributed by atoms with Crippen molar-refractivity contribution in [2.75, 3.05) is 0 Å². The van der Waals surface area contributed by atoms with E-state index in [1.807, 2.05) is 35.0 Å². The molecular weight excluding hydrogens is 164 g/mol. The van der Waals surface area contributed by atoms with E-state index in [4.69, 9.17) is 4.74 Å². The number of benzene rings is 1. The first-order chi connectivity index (χ1) is 6.45. The molecule has 0 saturated carbocycles. The number of fused-ring (bicyclic) bond motifs is 3. The molecule has 3 heteroatoms. The van der Waals surface area contributed by atoms with Gasteiger partial charge in [-0.1, -0.05) is 12.1 Å². The molecule has 1 aliphatic heterocycles. The minimum Gasteiger partial charge on any atom is -0.472 e. The van der Waals surface area contributed by atoms with Gasteiger partial charge in [0.25, 0.3) is 0 Å². The molecule has 0 fully saturated rings. The minimum atomic E-state index is 0.562. The van der Waals surface area contributed by atoms with Crippen molar-refractivity contribution in [2.45, 2.75) is 6.73 Å². The fourth-order valence-electron chi connectivity index (χ4n) is 1.57. The highest BCUT2D eigenvalue weighted by Crippen LogP contribution is 2.31. The maximum Gasteiger partial charge on any atom is 0.166 e. The van der Waals surface area contributed by atoms with E-state index in [1.165, 1.54) is 0 Å². The molecule has 0 unspecified atom stereocenters. The Morgan fingerprint density at radius 1 is 1.31 bits per heavy atom. The molecule has 0 N–H and O–H groups in total. The molecule has 1 aromatic carbocycles. The van der Waals surface area contributed by atoms with Crippen molar-refractivity contribution in [3.63, 3.8) is 0 Å². The lowest BCUT2D eigenvalue weighted by molar-refractivity contribution is 0.230. The van der Waals surface area contributed by atoms with Crippen molar-refractivity contribution in [1.82, 2.24) is 9.55 Å². The predicted molar refractivity (Wildman–Crippen MR) is 48.3 cm³/mol. The predicted octanol–water partition coefficient (Wildman–Crippen LogP) is 1.90. The Kier molecular flexibility index (Phi) is 1.22. The number of aromatic nitrogens is 2. The second kappa shape index (κ2) is 2.36. The van der Waals surface area contributed by atoms with Gasteiger partial charge >= 0.3 is 0 Å². The van der Waals surface area contributed by atoms with E-state index >= 15 is 0 Å². The van der Waals surface area contributed by atoms with Crippen LogP contribution < -0.4 is 4.74 Å². The zero-order valence-corrected chi connectivity index (χ0v) is 6.97. The third kappa shape index (κ3) is 0.869. The quantitative estimate of drug-likeness (QED) is 0.606. The first kappa shape index (κ1) is 6.71. The van der Waals surface area contributed by atoms with Gasteiger partial charge in [-0.3, -0.25) is 4.57 Å². The van der Waals surface area contributed by atoms with Crippen LogP contribution in [-0.4, -0.2) is 9.55 Å². The molecule has 0 bridgehead atoms. The summed E-state index contributed by atoms with van der Waals surface area (Å²) in [7, 11) is 0. The molecule has 64 valence electrons. The van der Waals surface area contributed by atoms with Crippen molar-refractivity contribution in [1.29, 1.82) is 0 Å². The molecule has 3 nitrogen and oxygen atoms in total. The Morgan fingerprint density at radius 3 is 3.23 bits per heavy atom. The largest absolute Gasteiger partial charge is 0.472 e. The third-order valence-electron chi connectivity index (χ3n) is 2.20. The maximum atomic E-state index is 5.53. The first-order valence-electron chi connectivity index (χ1n) is 4.18. The molecule has 1 aliphatic rings. The number of nitrogens with zero attached hydrogens (tertiary/aromatic N) is 2. The molecule has 0 radical (unpaired) electrons. The molecule has 2 aromatic rings. The summed E-state index contributed by atoms with van der Waals surface area (Å²) in [6, 6.07) is 7.95. The Hall–Kier alpha value is -1.77. The maximum absolute atomic E-state index is 5.53. The molecule has 0 saturated heterocycles. The van der Waals surface area contributed by atoms with Crippen LogP contribution in [-0.2, 0) is 6.73 Å². The second-order valence-electron chi connectivity index (χ2n) is 2.99. The summed E-state index contributed by atoms with van der Waals surface area (Å²) >= 11 is 0. The number of hydrogen-bond acceptors (Lipinski definition) is 2. The number of imidazole rings is 1. The number of ether oxygens (including phenoxy) is 1. The van der Waals surface area contributed by atoms with Crippen LogP contribution in [0, 0.1) is 0 Å². The van der Waals surface area contributed by atoms with Crippen LogP contribution in [0.1, 0.15) is 0 Å². The second-order valence-corrected chi connectivity index (χ2v) is 2.99. The lowest BCUT2D eigenvalue weighted by Gasteiger charge is -2.18. The topological polar surface area (TPSA) is 27.1 Å². The molecule has 0 amide bonds. The van der Waals surface area contributed by atoms with Crippen LogP contribution in [0.15, 0.2) is 36.7 Å². The average molecular weight is 172 g/mol. The van der Waals surface area contributed by atoms with Crippen LogP contribution in [0.25, 0.3) is 11.4 Å². The molecule has 3 rings (SSSR count). The van der Waals surface area contributed by atoms with E-state index in [1.54, 1.807) is 6.20 Å². The van der Waals surface area contributed by atoms with Crippen LogP contribution in [0.3, 0.4) is 0 Å². The number of hydrogen-bond donors (Lipinski definition) is 0. The van der Waals surface area contributed by atoms with Gasteiger partial charge in [0.1, 0.15) is 11.6 Å². The van der Waals surface area contributed by atoms with Gasteiger partial charge in [0.05, 0.1) is 5.56 Å². The van der Waals surface area contributed by atoms with E-state index in [2.05, 4.69) is 4.98 Å². The van der Waals surface area contributed by atoms with E-state index in [0.29, 0.717) is 6.73 Å². The van der Waals surface area contributed by atoms with Crippen LogP contribution in [0.2, 0.25) is 0 Å². The van der Waals surface area contributed by atoms with Crippen LogP contribution in [0.5, 0.6) is 5.75 Å². The molecule has 1 aromatic heterocycles. The van der Waals surface area contributed by atoms with Gasteiger partial charge in [0.2, 0.25) is 0 Å².